The van der Waals surface area contributed by atoms with Crippen molar-refractivity contribution in [1.29, 1.82) is 0 Å². The lowest BCUT2D eigenvalue weighted by atomic mass is 10.0. The minimum atomic E-state index is 0.908. The Kier molecular flexibility index (Phi) is 8.86. The highest BCUT2D eigenvalue weighted by Gasteiger charge is 2.17. The van der Waals surface area contributed by atoms with Gasteiger partial charge < -0.3 is 14.2 Å². The van der Waals surface area contributed by atoms with Crippen molar-refractivity contribution < 1.29 is 4.42 Å². The first-order chi connectivity index (χ1) is 28.3. The van der Waals surface area contributed by atoms with Gasteiger partial charge in [0, 0.05) is 50.5 Å². The summed E-state index contributed by atoms with van der Waals surface area (Å²) < 4.78 is 6.37. The topological polar surface area (TPSA) is 19.6 Å². The number of anilines is 6. The summed E-state index contributed by atoms with van der Waals surface area (Å²) in [4.78, 5) is 4.62. The Morgan fingerprint density at radius 3 is 1.26 bits per heavy atom. The summed E-state index contributed by atoms with van der Waals surface area (Å²) in [7, 11) is 0. The van der Waals surface area contributed by atoms with Crippen LogP contribution in [-0.4, -0.2) is 0 Å². The van der Waals surface area contributed by atoms with E-state index in [1.165, 1.54) is 11.1 Å². The van der Waals surface area contributed by atoms with Gasteiger partial charge in [-0.2, -0.15) is 0 Å². The van der Waals surface area contributed by atoms with Gasteiger partial charge in [-0.05, 0) is 107 Å². The van der Waals surface area contributed by atoms with E-state index in [0.717, 1.165) is 78.3 Å². The van der Waals surface area contributed by atoms with E-state index in [4.69, 9.17) is 4.42 Å². The Bertz CT molecular complexity index is 2920. The van der Waals surface area contributed by atoms with Gasteiger partial charge in [-0.3, -0.25) is 0 Å². The Hall–Kier alpha value is -7.62. The van der Waals surface area contributed by atoms with Crippen molar-refractivity contribution in [3.63, 3.8) is 0 Å². The molecule has 1 aromatic heterocycles. The fourth-order valence-electron chi connectivity index (χ4n) is 7.87. The minimum absolute atomic E-state index is 0.908. The molecule has 57 heavy (non-hydrogen) atoms. The number of hydrogen-bond acceptors (Lipinski definition) is 3. The lowest BCUT2D eigenvalue weighted by Crippen LogP contribution is -2.10. The fourth-order valence-corrected chi connectivity index (χ4v) is 7.87. The van der Waals surface area contributed by atoms with Gasteiger partial charge in [0.15, 0.2) is 0 Å². The van der Waals surface area contributed by atoms with Crippen LogP contribution in [0.1, 0.15) is 0 Å². The molecule has 10 rings (SSSR count). The second-order valence-electron chi connectivity index (χ2n) is 14.2. The normalized spacial score (nSPS) is 11.2. The van der Waals surface area contributed by atoms with Crippen molar-refractivity contribution in [3.8, 4) is 33.4 Å². The van der Waals surface area contributed by atoms with Crippen molar-refractivity contribution in [1.82, 2.24) is 0 Å². The average molecular weight is 731 g/mol. The van der Waals surface area contributed by atoms with Gasteiger partial charge in [0.25, 0.3) is 0 Å². The molecule has 10 aromatic rings. The number of furan rings is 1. The highest BCUT2D eigenvalue weighted by molar-refractivity contribution is 6.09. The van der Waals surface area contributed by atoms with Crippen molar-refractivity contribution in [3.05, 3.63) is 231 Å². The summed E-state index contributed by atoms with van der Waals surface area (Å²) in [6, 6.07) is 81.6. The standard InChI is InChI=1S/C54H38N2O/c1-4-14-39(15-5-1)43-16-12-21-49(38-43)56(45-19-8-3-9-20-45)48-34-28-41(29-35-48)40-26-32-46(33-27-40)55(44-17-6-2-7-18-44)47-36-30-42(31-37-47)50-23-13-24-52-51-22-10-11-25-53(51)57-54(50)52/h1-38H. The maximum absolute atomic E-state index is 6.37. The molecule has 0 N–H and O–H groups in total. The predicted octanol–water partition coefficient (Wildman–Crippen LogP) is 15.5. The number of para-hydroxylation sites is 4. The maximum atomic E-state index is 6.37. The molecular formula is C54H38N2O. The van der Waals surface area contributed by atoms with Crippen molar-refractivity contribution in [2.24, 2.45) is 0 Å². The highest BCUT2D eigenvalue weighted by Crippen LogP contribution is 2.41. The third kappa shape index (κ3) is 6.62. The van der Waals surface area contributed by atoms with Crippen LogP contribution in [0, 0.1) is 0 Å². The summed E-state index contributed by atoms with van der Waals surface area (Å²) in [6.45, 7) is 0. The number of fused-ring (bicyclic) bond motifs is 3. The van der Waals surface area contributed by atoms with Crippen LogP contribution in [0.5, 0.6) is 0 Å². The van der Waals surface area contributed by atoms with Gasteiger partial charge in [0.2, 0.25) is 0 Å². The van der Waals surface area contributed by atoms with E-state index in [9.17, 15) is 0 Å². The number of nitrogens with zero attached hydrogens (tertiary/aromatic N) is 2. The molecule has 0 aliphatic heterocycles. The zero-order valence-electron chi connectivity index (χ0n) is 31.2. The summed E-state index contributed by atoms with van der Waals surface area (Å²) in [5.74, 6) is 0. The molecule has 0 saturated carbocycles. The van der Waals surface area contributed by atoms with Crippen LogP contribution in [0.4, 0.5) is 34.1 Å². The first-order valence-corrected chi connectivity index (χ1v) is 19.3. The van der Waals surface area contributed by atoms with Gasteiger partial charge in [0.1, 0.15) is 11.2 Å². The van der Waals surface area contributed by atoms with Crippen LogP contribution in [0.2, 0.25) is 0 Å². The molecule has 0 radical (unpaired) electrons. The molecule has 0 aliphatic carbocycles. The Morgan fingerprint density at radius 1 is 0.263 bits per heavy atom. The summed E-state index contributed by atoms with van der Waals surface area (Å²) in [5.41, 5.74) is 15.3. The lowest BCUT2D eigenvalue weighted by molar-refractivity contribution is 0.670. The van der Waals surface area contributed by atoms with Crippen molar-refractivity contribution in [2.45, 2.75) is 0 Å². The maximum Gasteiger partial charge on any atom is 0.143 e. The number of hydrogen-bond donors (Lipinski definition) is 0. The SMILES string of the molecule is c1ccc(-c2cccc(N(c3ccccc3)c3ccc(-c4ccc(N(c5ccccc5)c5ccc(-c6cccc7c6oc6ccccc67)cc5)cc4)cc3)c2)cc1. The summed E-state index contributed by atoms with van der Waals surface area (Å²) in [6.07, 6.45) is 0. The Balaban J connectivity index is 0.952. The van der Waals surface area contributed by atoms with Crippen LogP contribution in [0.25, 0.3) is 55.3 Å². The van der Waals surface area contributed by atoms with E-state index in [2.05, 4.69) is 228 Å². The lowest BCUT2D eigenvalue weighted by Gasteiger charge is -2.26. The summed E-state index contributed by atoms with van der Waals surface area (Å²) >= 11 is 0. The molecule has 0 aliphatic rings. The van der Waals surface area contributed by atoms with Gasteiger partial charge in [-0.25, -0.2) is 0 Å². The molecule has 0 amide bonds. The van der Waals surface area contributed by atoms with Gasteiger partial charge in [-0.1, -0.05) is 152 Å². The first-order valence-electron chi connectivity index (χ1n) is 19.3. The number of benzene rings is 9. The predicted molar refractivity (Wildman–Crippen MR) is 239 cm³/mol. The third-order valence-electron chi connectivity index (χ3n) is 10.7. The van der Waals surface area contributed by atoms with Crippen LogP contribution in [0.3, 0.4) is 0 Å². The van der Waals surface area contributed by atoms with Gasteiger partial charge in [0.05, 0.1) is 0 Å². The molecule has 0 bridgehead atoms. The monoisotopic (exact) mass is 730 g/mol. The van der Waals surface area contributed by atoms with Gasteiger partial charge >= 0.3 is 0 Å². The van der Waals surface area contributed by atoms with Crippen molar-refractivity contribution >= 4 is 56.1 Å². The summed E-state index contributed by atoms with van der Waals surface area (Å²) in [5, 5.41) is 2.27. The molecule has 0 atom stereocenters. The molecule has 0 fully saturated rings. The van der Waals surface area contributed by atoms with Crippen molar-refractivity contribution in [2.75, 3.05) is 9.80 Å². The van der Waals surface area contributed by atoms with Gasteiger partial charge in [-0.15, -0.1) is 0 Å². The number of rotatable bonds is 9. The smallest absolute Gasteiger partial charge is 0.143 e. The molecule has 0 unspecified atom stereocenters. The quantitative estimate of drug-likeness (QED) is 0.147. The second kappa shape index (κ2) is 14.9. The Labute approximate surface area is 333 Å². The second-order valence-corrected chi connectivity index (χ2v) is 14.2. The Morgan fingerprint density at radius 2 is 0.667 bits per heavy atom. The molecule has 3 nitrogen and oxygen atoms in total. The van der Waals surface area contributed by atoms with Crippen LogP contribution in [0.15, 0.2) is 235 Å². The zero-order chi connectivity index (χ0) is 38.0. The van der Waals surface area contributed by atoms with E-state index in [1.807, 2.05) is 12.1 Å². The molecule has 9 aromatic carbocycles. The zero-order valence-corrected chi connectivity index (χ0v) is 31.2. The van der Waals surface area contributed by atoms with Crippen LogP contribution in [-0.2, 0) is 0 Å². The molecular weight excluding hydrogens is 693 g/mol. The fraction of sp³-hybridized carbons (Fsp3) is 0. The third-order valence-corrected chi connectivity index (χ3v) is 10.7. The first kappa shape index (κ1) is 33.9. The molecule has 0 saturated heterocycles. The van der Waals surface area contributed by atoms with E-state index >= 15 is 0 Å². The van der Waals surface area contributed by atoms with E-state index in [0.29, 0.717) is 0 Å². The van der Waals surface area contributed by atoms with E-state index in [1.54, 1.807) is 0 Å². The highest BCUT2D eigenvalue weighted by atomic mass is 16.3. The van der Waals surface area contributed by atoms with Crippen LogP contribution < -0.4 is 9.80 Å². The minimum Gasteiger partial charge on any atom is -0.455 e. The van der Waals surface area contributed by atoms with Crippen LogP contribution >= 0.6 is 0 Å². The van der Waals surface area contributed by atoms with E-state index in [-0.39, 0.29) is 0 Å². The average Bonchev–Trinajstić information content (AvgIpc) is 3.68. The largest absolute Gasteiger partial charge is 0.455 e. The molecule has 0 spiro atoms. The molecule has 270 valence electrons. The molecule has 1 heterocycles. The molecule has 3 heteroatoms. The van der Waals surface area contributed by atoms with E-state index < -0.39 is 0 Å².